The van der Waals surface area contributed by atoms with Gasteiger partial charge in [-0.05, 0) is 12.5 Å². The maximum absolute atomic E-state index is 11.5. The lowest BCUT2D eigenvalue weighted by Crippen LogP contribution is -2.19. The Bertz CT molecular complexity index is 592. The molecule has 0 spiro atoms. The second-order valence-electron chi connectivity index (χ2n) is 3.75. The number of nitrogens with zero attached hydrogens (tertiary/aromatic N) is 4. The molecule has 100 valence electrons. The third kappa shape index (κ3) is 2.38. The van der Waals surface area contributed by atoms with Crippen molar-refractivity contribution in [2.75, 3.05) is 12.5 Å². The predicted molar refractivity (Wildman–Crippen MR) is 69.7 cm³/mol. The number of carbonyl (C=O) groups excluding carboxylic acids is 1. The zero-order valence-corrected chi connectivity index (χ0v) is 10.7. The first-order chi connectivity index (χ1) is 9.21. The lowest BCUT2D eigenvalue weighted by molar-refractivity contribution is 0.0957. The summed E-state index contributed by atoms with van der Waals surface area (Å²) in [5.41, 5.74) is 3.68. The van der Waals surface area contributed by atoms with Gasteiger partial charge in [0, 0.05) is 18.8 Å². The molecule has 19 heavy (non-hydrogen) atoms. The van der Waals surface area contributed by atoms with Crippen LogP contribution in [0.25, 0.3) is 5.82 Å². The highest BCUT2D eigenvalue weighted by atomic mass is 16.1. The lowest BCUT2D eigenvalue weighted by Gasteiger charge is -2.10. The van der Waals surface area contributed by atoms with Crippen LogP contribution in [-0.2, 0) is 6.42 Å². The molecule has 2 aromatic rings. The van der Waals surface area contributed by atoms with Gasteiger partial charge in [0.25, 0.3) is 5.91 Å². The van der Waals surface area contributed by atoms with Crippen molar-refractivity contribution in [1.82, 2.24) is 25.1 Å². The van der Waals surface area contributed by atoms with Crippen LogP contribution in [0.3, 0.4) is 0 Å². The summed E-state index contributed by atoms with van der Waals surface area (Å²) in [5.74, 6) is 6.31. The number of hydrazine groups is 1. The molecular formula is C11H15N7O. The zero-order chi connectivity index (χ0) is 13.8. The summed E-state index contributed by atoms with van der Waals surface area (Å²) in [4.78, 5) is 19.7. The highest BCUT2D eigenvalue weighted by molar-refractivity contribution is 5.91. The minimum atomic E-state index is -0.247. The molecule has 0 aliphatic carbocycles. The molecule has 8 heteroatoms. The Morgan fingerprint density at radius 3 is 2.89 bits per heavy atom. The molecule has 0 saturated heterocycles. The monoisotopic (exact) mass is 261 g/mol. The Hall–Kier alpha value is -2.48. The van der Waals surface area contributed by atoms with Crippen molar-refractivity contribution in [3.05, 3.63) is 29.8 Å². The van der Waals surface area contributed by atoms with Crippen molar-refractivity contribution in [3.8, 4) is 5.82 Å². The molecule has 0 unspecified atom stereocenters. The highest BCUT2D eigenvalue weighted by Gasteiger charge is 2.13. The molecular weight excluding hydrogens is 246 g/mol. The first kappa shape index (κ1) is 13.0. The average molecular weight is 261 g/mol. The van der Waals surface area contributed by atoms with E-state index in [2.05, 4.69) is 25.8 Å². The van der Waals surface area contributed by atoms with Crippen molar-refractivity contribution in [2.45, 2.75) is 13.3 Å². The van der Waals surface area contributed by atoms with E-state index in [1.165, 1.54) is 11.0 Å². The first-order valence-corrected chi connectivity index (χ1v) is 5.79. The number of hydrogen-bond acceptors (Lipinski definition) is 6. The molecule has 0 atom stereocenters. The van der Waals surface area contributed by atoms with Crippen molar-refractivity contribution in [3.63, 3.8) is 0 Å². The summed E-state index contributed by atoms with van der Waals surface area (Å²) < 4.78 is 1.53. The van der Waals surface area contributed by atoms with Gasteiger partial charge < -0.3 is 10.7 Å². The Morgan fingerprint density at radius 2 is 2.26 bits per heavy atom. The number of amides is 1. The van der Waals surface area contributed by atoms with E-state index in [1.54, 1.807) is 19.3 Å². The summed E-state index contributed by atoms with van der Waals surface area (Å²) in [5, 5.41) is 6.70. The van der Waals surface area contributed by atoms with Crippen LogP contribution in [0.15, 0.2) is 18.6 Å². The predicted octanol–water partition coefficient (Wildman–Crippen LogP) is -0.130. The van der Waals surface area contributed by atoms with Gasteiger partial charge >= 0.3 is 0 Å². The fourth-order valence-electron chi connectivity index (χ4n) is 1.74. The van der Waals surface area contributed by atoms with E-state index in [1.807, 2.05) is 6.92 Å². The van der Waals surface area contributed by atoms with E-state index in [9.17, 15) is 4.79 Å². The van der Waals surface area contributed by atoms with Crippen LogP contribution in [0.4, 0.5) is 5.82 Å². The van der Waals surface area contributed by atoms with Crippen molar-refractivity contribution >= 4 is 11.7 Å². The number of nitrogens with one attached hydrogen (secondary N) is 2. The minimum Gasteiger partial charge on any atom is -0.354 e. The smallest absolute Gasteiger partial charge is 0.271 e. The van der Waals surface area contributed by atoms with Crippen LogP contribution < -0.4 is 16.6 Å². The van der Waals surface area contributed by atoms with E-state index in [0.29, 0.717) is 23.8 Å². The van der Waals surface area contributed by atoms with Gasteiger partial charge in [-0.1, -0.05) is 6.92 Å². The molecule has 0 radical (unpaired) electrons. The Kier molecular flexibility index (Phi) is 3.71. The standard InChI is InChI=1S/C11H15N7O/c1-3-7-9(16-12)14-6-15-10(7)18-5-4-8(17-18)11(19)13-2/h4-6H,3,12H2,1-2H3,(H,13,19)(H,14,15,16). The van der Waals surface area contributed by atoms with Crippen molar-refractivity contribution in [1.29, 1.82) is 0 Å². The van der Waals surface area contributed by atoms with Gasteiger partial charge in [0.05, 0.1) is 0 Å². The molecule has 2 aromatic heterocycles. The SMILES string of the molecule is CCc1c(NN)ncnc1-n1ccc(C(=O)NC)n1. The quantitative estimate of drug-likeness (QED) is 0.522. The van der Waals surface area contributed by atoms with Gasteiger partial charge in [0.2, 0.25) is 0 Å². The minimum absolute atomic E-state index is 0.247. The van der Waals surface area contributed by atoms with Gasteiger partial charge in [0.15, 0.2) is 11.5 Å². The molecule has 1 amide bonds. The summed E-state index contributed by atoms with van der Waals surface area (Å²) in [6, 6.07) is 1.62. The van der Waals surface area contributed by atoms with E-state index in [-0.39, 0.29) is 5.91 Å². The maximum Gasteiger partial charge on any atom is 0.271 e. The fraction of sp³-hybridized carbons (Fsp3) is 0.273. The first-order valence-electron chi connectivity index (χ1n) is 5.79. The van der Waals surface area contributed by atoms with E-state index in [4.69, 9.17) is 5.84 Å². The summed E-state index contributed by atoms with van der Waals surface area (Å²) >= 11 is 0. The third-order valence-electron chi connectivity index (χ3n) is 2.68. The Labute approximate surface area is 110 Å². The van der Waals surface area contributed by atoms with E-state index < -0.39 is 0 Å². The number of nitrogens with two attached hydrogens (primary N) is 1. The fourth-order valence-corrected chi connectivity index (χ4v) is 1.74. The highest BCUT2D eigenvalue weighted by Crippen LogP contribution is 2.18. The number of hydrogen-bond donors (Lipinski definition) is 3. The molecule has 0 aliphatic rings. The van der Waals surface area contributed by atoms with Gasteiger partial charge in [-0.2, -0.15) is 5.10 Å². The van der Waals surface area contributed by atoms with Gasteiger partial charge in [0.1, 0.15) is 12.1 Å². The van der Waals surface area contributed by atoms with Crippen LogP contribution in [0.2, 0.25) is 0 Å². The third-order valence-corrected chi connectivity index (χ3v) is 2.68. The van der Waals surface area contributed by atoms with Gasteiger partial charge in [-0.3, -0.25) is 4.79 Å². The normalized spacial score (nSPS) is 10.3. The molecule has 0 aliphatic heterocycles. The second-order valence-corrected chi connectivity index (χ2v) is 3.75. The number of nitrogen functional groups attached to an aromatic ring is 1. The van der Waals surface area contributed by atoms with Gasteiger partial charge in [-0.15, -0.1) is 0 Å². The molecule has 4 N–H and O–H groups in total. The molecule has 0 aromatic carbocycles. The van der Waals surface area contributed by atoms with Crippen LogP contribution in [-0.4, -0.2) is 32.7 Å². The van der Waals surface area contributed by atoms with Crippen LogP contribution in [0.5, 0.6) is 0 Å². The maximum atomic E-state index is 11.5. The Morgan fingerprint density at radius 1 is 1.47 bits per heavy atom. The number of carbonyl (C=O) groups is 1. The summed E-state index contributed by atoms with van der Waals surface area (Å²) in [6.45, 7) is 1.96. The van der Waals surface area contributed by atoms with E-state index >= 15 is 0 Å². The molecule has 0 fully saturated rings. The number of rotatable bonds is 4. The van der Waals surface area contributed by atoms with Crippen LogP contribution in [0, 0.1) is 0 Å². The molecule has 2 rings (SSSR count). The number of anilines is 1. The van der Waals surface area contributed by atoms with E-state index in [0.717, 1.165) is 5.56 Å². The van der Waals surface area contributed by atoms with Gasteiger partial charge in [-0.25, -0.2) is 20.5 Å². The van der Waals surface area contributed by atoms with Crippen LogP contribution in [0.1, 0.15) is 23.0 Å². The Balaban J connectivity index is 2.47. The number of aromatic nitrogens is 4. The molecule has 2 heterocycles. The summed E-state index contributed by atoms with van der Waals surface area (Å²) in [7, 11) is 1.56. The molecule has 0 bridgehead atoms. The zero-order valence-electron chi connectivity index (χ0n) is 10.7. The second kappa shape index (κ2) is 5.44. The van der Waals surface area contributed by atoms with Crippen molar-refractivity contribution in [2.24, 2.45) is 5.84 Å². The average Bonchev–Trinajstić information content (AvgIpc) is 2.95. The molecule has 8 nitrogen and oxygen atoms in total. The topological polar surface area (TPSA) is 111 Å². The largest absolute Gasteiger partial charge is 0.354 e. The van der Waals surface area contributed by atoms with Crippen molar-refractivity contribution < 1.29 is 4.79 Å². The summed E-state index contributed by atoms with van der Waals surface area (Å²) in [6.07, 6.45) is 3.75. The van der Waals surface area contributed by atoms with Crippen LogP contribution >= 0.6 is 0 Å². The molecule has 0 saturated carbocycles. The lowest BCUT2D eigenvalue weighted by atomic mass is 10.2.